The number of para-hydroxylation sites is 2. The van der Waals surface area contributed by atoms with Gasteiger partial charge >= 0.3 is 6.55 Å². The number of alkyl halides is 2. The number of thiophene rings is 1. The molecule has 0 N–H and O–H groups in total. The van der Waals surface area contributed by atoms with Crippen molar-refractivity contribution < 1.29 is 8.78 Å². The first-order chi connectivity index (χ1) is 12.2. The van der Waals surface area contributed by atoms with E-state index in [1.54, 1.807) is 35.6 Å². The molecule has 1 aliphatic carbocycles. The molecule has 0 fully saturated rings. The fourth-order valence-corrected chi connectivity index (χ4v) is 5.66. The number of aryl methyl sites for hydroxylation is 2. The van der Waals surface area contributed by atoms with Crippen molar-refractivity contribution in [3.05, 3.63) is 41.0 Å². The van der Waals surface area contributed by atoms with E-state index in [-0.39, 0.29) is 5.16 Å². The van der Waals surface area contributed by atoms with Gasteiger partial charge in [0.05, 0.1) is 11.0 Å². The molecule has 0 spiro atoms. The molecule has 0 saturated carbocycles. The number of aromatic nitrogens is 4. The Labute approximate surface area is 149 Å². The number of rotatable bonds is 3. The summed E-state index contributed by atoms with van der Waals surface area (Å²) in [5.41, 5.74) is 2.27. The lowest BCUT2D eigenvalue weighted by Gasteiger charge is -2.07. The quantitative estimate of drug-likeness (QED) is 0.469. The Kier molecular flexibility index (Phi) is 3.49. The van der Waals surface area contributed by atoms with Crippen LogP contribution in [0.2, 0.25) is 0 Å². The molecule has 5 rings (SSSR count). The third kappa shape index (κ3) is 2.35. The third-order valence-electron chi connectivity index (χ3n) is 4.41. The minimum absolute atomic E-state index is 0.258. The van der Waals surface area contributed by atoms with E-state index >= 15 is 0 Å². The maximum Gasteiger partial charge on any atom is 0.321 e. The van der Waals surface area contributed by atoms with E-state index in [0.29, 0.717) is 16.1 Å². The fourth-order valence-electron chi connectivity index (χ4n) is 3.35. The summed E-state index contributed by atoms with van der Waals surface area (Å²) in [7, 11) is 0. The normalized spacial score (nSPS) is 14.0. The van der Waals surface area contributed by atoms with E-state index in [4.69, 9.17) is 0 Å². The summed E-state index contributed by atoms with van der Waals surface area (Å²) in [6.45, 7) is -2.65. The Bertz CT molecular complexity index is 1100. The fraction of sp³-hybridized carbons (Fsp3) is 0.235. The van der Waals surface area contributed by atoms with Gasteiger partial charge in [0.1, 0.15) is 16.2 Å². The first-order valence-electron chi connectivity index (χ1n) is 7.90. The Hall–Kier alpha value is -2.06. The van der Waals surface area contributed by atoms with E-state index < -0.39 is 6.55 Å². The Morgan fingerprint density at radius 3 is 2.92 bits per heavy atom. The van der Waals surface area contributed by atoms with Gasteiger partial charge in [0.2, 0.25) is 0 Å². The maximum absolute atomic E-state index is 13.6. The van der Waals surface area contributed by atoms with Crippen LogP contribution in [0.5, 0.6) is 0 Å². The Balaban J connectivity index is 1.69. The standard InChI is InChI=1S/C17H12F2N4S2/c18-16(19)23-11-6-2-1-5-10(11)22-17(23)25-15-13-9-4-3-7-12(9)24-14(13)20-8-21-15/h1-2,5-6,8,16H,3-4,7H2. The highest BCUT2D eigenvalue weighted by Crippen LogP contribution is 2.42. The van der Waals surface area contributed by atoms with Crippen LogP contribution in [0.1, 0.15) is 23.4 Å². The van der Waals surface area contributed by atoms with E-state index in [2.05, 4.69) is 15.0 Å². The predicted molar refractivity (Wildman–Crippen MR) is 94.5 cm³/mol. The Morgan fingerprint density at radius 2 is 2.04 bits per heavy atom. The number of hydrogen-bond donors (Lipinski definition) is 0. The molecule has 126 valence electrons. The van der Waals surface area contributed by atoms with Gasteiger partial charge < -0.3 is 0 Å². The summed E-state index contributed by atoms with van der Waals surface area (Å²) in [5, 5.41) is 1.98. The average molecular weight is 374 g/mol. The zero-order valence-corrected chi connectivity index (χ0v) is 14.6. The van der Waals surface area contributed by atoms with Crippen molar-refractivity contribution in [2.24, 2.45) is 0 Å². The summed E-state index contributed by atoms with van der Waals surface area (Å²) >= 11 is 2.88. The molecule has 1 aromatic carbocycles. The van der Waals surface area contributed by atoms with Gasteiger partial charge in [-0.25, -0.2) is 15.0 Å². The SMILES string of the molecule is FC(F)n1c(Sc2ncnc3sc4c(c23)CCC4)nc2ccccc21. The maximum atomic E-state index is 13.6. The molecule has 0 radical (unpaired) electrons. The van der Waals surface area contributed by atoms with E-state index in [9.17, 15) is 8.78 Å². The molecule has 0 bridgehead atoms. The van der Waals surface area contributed by atoms with Crippen molar-refractivity contribution in [1.29, 1.82) is 0 Å². The summed E-state index contributed by atoms with van der Waals surface area (Å²) in [5.74, 6) is 0. The first kappa shape index (κ1) is 15.2. The molecule has 4 nitrogen and oxygen atoms in total. The highest BCUT2D eigenvalue weighted by Gasteiger charge is 2.24. The molecule has 4 aromatic rings. The van der Waals surface area contributed by atoms with Crippen molar-refractivity contribution in [2.75, 3.05) is 0 Å². The van der Waals surface area contributed by atoms with Gasteiger partial charge in [-0.15, -0.1) is 11.3 Å². The summed E-state index contributed by atoms with van der Waals surface area (Å²) in [4.78, 5) is 15.4. The van der Waals surface area contributed by atoms with Crippen LogP contribution in [-0.2, 0) is 12.8 Å². The third-order valence-corrected chi connectivity index (χ3v) is 6.59. The lowest BCUT2D eigenvalue weighted by molar-refractivity contribution is 0.0656. The molecule has 0 atom stereocenters. The average Bonchev–Trinajstić information content (AvgIpc) is 3.26. The van der Waals surface area contributed by atoms with Gasteiger partial charge in [-0.05, 0) is 48.7 Å². The molecule has 0 amide bonds. The molecular weight excluding hydrogens is 362 g/mol. The Morgan fingerprint density at radius 1 is 1.16 bits per heavy atom. The smallest absolute Gasteiger partial charge is 0.261 e. The van der Waals surface area contributed by atoms with E-state index in [1.807, 2.05) is 0 Å². The highest BCUT2D eigenvalue weighted by molar-refractivity contribution is 7.99. The second-order valence-electron chi connectivity index (χ2n) is 5.85. The van der Waals surface area contributed by atoms with E-state index in [1.165, 1.54) is 28.5 Å². The molecule has 8 heteroatoms. The number of imidazole rings is 1. The monoisotopic (exact) mass is 374 g/mol. The molecule has 0 aliphatic heterocycles. The lowest BCUT2D eigenvalue weighted by Crippen LogP contribution is -2.00. The summed E-state index contributed by atoms with van der Waals surface area (Å²) in [6, 6.07) is 6.95. The molecule has 1 aliphatic rings. The molecule has 25 heavy (non-hydrogen) atoms. The van der Waals surface area contributed by atoms with Crippen LogP contribution in [-0.4, -0.2) is 19.5 Å². The van der Waals surface area contributed by atoms with Gasteiger partial charge in [0.15, 0.2) is 5.16 Å². The van der Waals surface area contributed by atoms with Crippen molar-refractivity contribution in [1.82, 2.24) is 19.5 Å². The van der Waals surface area contributed by atoms with Crippen molar-refractivity contribution in [3.63, 3.8) is 0 Å². The molecular formula is C17H12F2N4S2. The van der Waals surface area contributed by atoms with Gasteiger partial charge in [0.25, 0.3) is 0 Å². The van der Waals surface area contributed by atoms with Crippen LogP contribution < -0.4 is 0 Å². The minimum Gasteiger partial charge on any atom is -0.261 e. The molecule has 0 unspecified atom stereocenters. The number of hydrogen-bond acceptors (Lipinski definition) is 5. The molecule has 3 aromatic heterocycles. The van der Waals surface area contributed by atoms with Crippen LogP contribution in [0.25, 0.3) is 21.3 Å². The van der Waals surface area contributed by atoms with Crippen LogP contribution in [0, 0.1) is 0 Å². The molecule has 3 heterocycles. The van der Waals surface area contributed by atoms with E-state index in [0.717, 1.165) is 34.0 Å². The van der Waals surface area contributed by atoms with Crippen LogP contribution in [0.4, 0.5) is 8.78 Å². The summed E-state index contributed by atoms with van der Waals surface area (Å²) in [6.07, 6.45) is 4.70. The van der Waals surface area contributed by atoms with Crippen LogP contribution >= 0.6 is 23.1 Å². The van der Waals surface area contributed by atoms with Gasteiger partial charge in [-0.1, -0.05) is 12.1 Å². The second-order valence-corrected chi connectivity index (χ2v) is 7.89. The van der Waals surface area contributed by atoms with Crippen molar-refractivity contribution >= 4 is 44.3 Å². The van der Waals surface area contributed by atoms with Gasteiger partial charge in [0, 0.05) is 10.3 Å². The minimum atomic E-state index is -2.65. The van der Waals surface area contributed by atoms with Gasteiger partial charge in [-0.3, -0.25) is 4.57 Å². The number of fused-ring (bicyclic) bond motifs is 4. The zero-order chi connectivity index (χ0) is 17.0. The zero-order valence-electron chi connectivity index (χ0n) is 12.9. The number of halogens is 2. The highest BCUT2D eigenvalue weighted by atomic mass is 32.2. The lowest BCUT2D eigenvalue weighted by atomic mass is 10.2. The largest absolute Gasteiger partial charge is 0.321 e. The number of nitrogens with zero attached hydrogens (tertiary/aromatic N) is 4. The predicted octanol–water partition coefficient (Wildman–Crippen LogP) is 5.08. The van der Waals surface area contributed by atoms with Crippen LogP contribution in [0.15, 0.2) is 40.8 Å². The van der Waals surface area contributed by atoms with Crippen molar-refractivity contribution in [3.8, 4) is 0 Å². The second kappa shape index (κ2) is 5.74. The van der Waals surface area contributed by atoms with Gasteiger partial charge in [-0.2, -0.15) is 8.78 Å². The topological polar surface area (TPSA) is 43.6 Å². The first-order valence-corrected chi connectivity index (χ1v) is 9.54. The summed E-state index contributed by atoms with van der Waals surface area (Å²) < 4.78 is 28.3. The number of benzene rings is 1. The van der Waals surface area contributed by atoms with Crippen molar-refractivity contribution in [2.45, 2.75) is 36.0 Å². The molecule has 0 saturated heterocycles. The van der Waals surface area contributed by atoms with Crippen LogP contribution in [0.3, 0.4) is 0 Å².